The van der Waals surface area contributed by atoms with Crippen LogP contribution in [0.5, 0.6) is 5.75 Å². The fraction of sp³-hybridized carbons (Fsp3) is 0.400. The van der Waals surface area contributed by atoms with Gasteiger partial charge in [-0.05, 0) is 54.9 Å². The summed E-state index contributed by atoms with van der Waals surface area (Å²) in [6.07, 6.45) is 3.57. The standard InChI is InChI=1S/C25H32N6O.HI/c1-19-29-30-23(31(19)2)17-27-24(26-16-21-9-11-22(32-3)12-10-21)28-18-25(13-14-25)15-20-7-5-4-6-8-20;/h4-12H,13-18H2,1-3H3,(H2,26,27,28);1H. The summed E-state index contributed by atoms with van der Waals surface area (Å²) in [6.45, 7) is 4.00. The minimum Gasteiger partial charge on any atom is -0.497 e. The molecule has 3 aromatic rings. The van der Waals surface area contributed by atoms with Crippen LogP contribution in [0.15, 0.2) is 59.6 Å². The molecule has 33 heavy (non-hydrogen) atoms. The molecule has 0 radical (unpaired) electrons. The van der Waals surface area contributed by atoms with Crippen molar-refractivity contribution in [3.05, 3.63) is 77.4 Å². The van der Waals surface area contributed by atoms with Gasteiger partial charge < -0.3 is 19.9 Å². The van der Waals surface area contributed by atoms with E-state index >= 15 is 0 Å². The Morgan fingerprint density at radius 1 is 1.03 bits per heavy atom. The molecule has 1 heterocycles. The van der Waals surface area contributed by atoms with Crippen LogP contribution in [0.25, 0.3) is 0 Å². The number of aromatic nitrogens is 3. The third-order valence-corrected chi connectivity index (χ3v) is 6.19. The van der Waals surface area contributed by atoms with Gasteiger partial charge in [0, 0.05) is 13.6 Å². The number of nitrogens with one attached hydrogen (secondary N) is 2. The smallest absolute Gasteiger partial charge is 0.191 e. The van der Waals surface area contributed by atoms with E-state index in [0.717, 1.165) is 41.9 Å². The molecule has 0 bridgehead atoms. The van der Waals surface area contributed by atoms with Gasteiger partial charge >= 0.3 is 0 Å². The van der Waals surface area contributed by atoms with E-state index in [2.05, 4.69) is 51.2 Å². The number of aliphatic imine (C=N–C) groups is 1. The van der Waals surface area contributed by atoms with E-state index in [1.54, 1.807) is 7.11 Å². The van der Waals surface area contributed by atoms with Crippen molar-refractivity contribution in [3.8, 4) is 5.75 Å². The summed E-state index contributed by atoms with van der Waals surface area (Å²) in [4.78, 5) is 4.84. The van der Waals surface area contributed by atoms with Crippen LogP contribution in [0.1, 0.15) is 35.6 Å². The molecule has 0 aliphatic heterocycles. The van der Waals surface area contributed by atoms with Gasteiger partial charge in [-0.15, -0.1) is 34.2 Å². The minimum absolute atomic E-state index is 0. The number of hydrogen-bond acceptors (Lipinski definition) is 4. The number of nitrogens with zero attached hydrogens (tertiary/aromatic N) is 4. The van der Waals surface area contributed by atoms with Crippen molar-refractivity contribution < 1.29 is 4.74 Å². The Kier molecular flexibility index (Phi) is 8.71. The Balaban J connectivity index is 0.00000306. The summed E-state index contributed by atoms with van der Waals surface area (Å²) in [5.41, 5.74) is 2.84. The Hall–Kier alpha value is -2.62. The molecule has 2 N–H and O–H groups in total. The summed E-state index contributed by atoms with van der Waals surface area (Å²) in [6, 6.07) is 18.8. The predicted molar refractivity (Wildman–Crippen MR) is 142 cm³/mol. The Labute approximate surface area is 213 Å². The molecular weight excluding hydrogens is 527 g/mol. The summed E-state index contributed by atoms with van der Waals surface area (Å²) in [5, 5.41) is 15.4. The second kappa shape index (κ2) is 11.5. The lowest BCUT2D eigenvalue weighted by Gasteiger charge is -2.19. The van der Waals surface area contributed by atoms with Crippen LogP contribution in [0, 0.1) is 12.3 Å². The van der Waals surface area contributed by atoms with Gasteiger partial charge in [0.1, 0.15) is 11.6 Å². The van der Waals surface area contributed by atoms with Gasteiger partial charge in [-0.1, -0.05) is 42.5 Å². The zero-order valence-corrected chi connectivity index (χ0v) is 21.9. The molecule has 1 fully saturated rings. The maximum Gasteiger partial charge on any atom is 0.191 e. The molecule has 0 saturated heterocycles. The monoisotopic (exact) mass is 560 g/mol. The normalized spacial score (nSPS) is 14.3. The number of benzene rings is 2. The van der Waals surface area contributed by atoms with E-state index in [4.69, 9.17) is 9.73 Å². The lowest BCUT2D eigenvalue weighted by molar-refractivity contribution is 0.414. The highest BCUT2D eigenvalue weighted by Crippen LogP contribution is 2.47. The highest BCUT2D eigenvalue weighted by molar-refractivity contribution is 14.0. The summed E-state index contributed by atoms with van der Waals surface area (Å²) >= 11 is 0. The summed E-state index contributed by atoms with van der Waals surface area (Å²) < 4.78 is 7.24. The molecule has 4 rings (SSSR count). The molecule has 0 spiro atoms. The highest BCUT2D eigenvalue weighted by atomic mass is 127. The fourth-order valence-electron chi connectivity index (χ4n) is 3.74. The van der Waals surface area contributed by atoms with Crippen LogP contribution >= 0.6 is 24.0 Å². The first kappa shape index (κ1) is 25.0. The van der Waals surface area contributed by atoms with Gasteiger partial charge in [-0.2, -0.15) is 0 Å². The maximum absolute atomic E-state index is 5.25. The van der Waals surface area contributed by atoms with E-state index in [-0.39, 0.29) is 24.0 Å². The number of rotatable bonds is 9. The number of methoxy groups -OCH3 is 1. The number of aryl methyl sites for hydroxylation is 1. The molecule has 176 valence electrons. The quantitative estimate of drug-likeness (QED) is 0.235. The van der Waals surface area contributed by atoms with Gasteiger partial charge in [0.15, 0.2) is 11.8 Å². The van der Waals surface area contributed by atoms with Gasteiger partial charge in [0.05, 0.1) is 20.2 Å². The third kappa shape index (κ3) is 6.93. The lowest BCUT2D eigenvalue weighted by Crippen LogP contribution is -2.41. The maximum atomic E-state index is 5.25. The zero-order chi connectivity index (χ0) is 22.4. The third-order valence-electron chi connectivity index (χ3n) is 6.19. The van der Waals surface area contributed by atoms with Gasteiger partial charge in [0.25, 0.3) is 0 Å². The van der Waals surface area contributed by atoms with Crippen molar-refractivity contribution in [1.82, 2.24) is 25.4 Å². The predicted octanol–water partition coefficient (Wildman–Crippen LogP) is 4.01. The molecule has 8 heteroatoms. The highest BCUT2D eigenvalue weighted by Gasteiger charge is 2.42. The molecule has 2 aromatic carbocycles. The van der Waals surface area contributed by atoms with Crippen molar-refractivity contribution in [2.75, 3.05) is 13.7 Å². The molecule has 0 unspecified atom stereocenters. The van der Waals surface area contributed by atoms with E-state index < -0.39 is 0 Å². The molecule has 7 nitrogen and oxygen atoms in total. The molecule has 1 saturated carbocycles. The van der Waals surface area contributed by atoms with Crippen LogP contribution in [0.3, 0.4) is 0 Å². The number of halogens is 1. The zero-order valence-electron chi connectivity index (χ0n) is 19.5. The minimum atomic E-state index is 0. The molecule has 1 aromatic heterocycles. The first-order chi connectivity index (χ1) is 15.6. The number of hydrogen-bond donors (Lipinski definition) is 2. The Morgan fingerprint density at radius 3 is 2.36 bits per heavy atom. The van der Waals surface area contributed by atoms with E-state index in [0.29, 0.717) is 18.5 Å². The average molecular weight is 560 g/mol. The van der Waals surface area contributed by atoms with Crippen LogP contribution in [0.4, 0.5) is 0 Å². The van der Waals surface area contributed by atoms with Gasteiger partial charge in [-0.3, -0.25) is 0 Å². The second-order valence-electron chi connectivity index (χ2n) is 8.60. The van der Waals surface area contributed by atoms with Crippen molar-refractivity contribution in [2.45, 2.75) is 39.3 Å². The van der Waals surface area contributed by atoms with E-state index in [9.17, 15) is 0 Å². The average Bonchev–Trinajstić information content (AvgIpc) is 3.52. The van der Waals surface area contributed by atoms with Crippen LogP contribution in [-0.4, -0.2) is 34.4 Å². The summed E-state index contributed by atoms with van der Waals surface area (Å²) in [7, 11) is 3.66. The number of guanidine groups is 1. The Morgan fingerprint density at radius 2 is 1.76 bits per heavy atom. The first-order valence-electron chi connectivity index (χ1n) is 11.1. The molecule has 0 atom stereocenters. The van der Waals surface area contributed by atoms with Crippen molar-refractivity contribution in [2.24, 2.45) is 17.5 Å². The summed E-state index contributed by atoms with van der Waals surface area (Å²) in [5.74, 6) is 3.42. The van der Waals surface area contributed by atoms with E-state index in [1.165, 1.54) is 18.4 Å². The van der Waals surface area contributed by atoms with Crippen LogP contribution in [0.2, 0.25) is 0 Å². The van der Waals surface area contributed by atoms with E-state index in [1.807, 2.05) is 42.8 Å². The fourth-order valence-corrected chi connectivity index (χ4v) is 3.74. The largest absolute Gasteiger partial charge is 0.497 e. The molecule has 1 aliphatic rings. The topological polar surface area (TPSA) is 76.4 Å². The molecule has 0 amide bonds. The molecular formula is C25H33IN6O. The van der Waals surface area contributed by atoms with Crippen molar-refractivity contribution in [3.63, 3.8) is 0 Å². The SMILES string of the molecule is COc1ccc(CN=C(NCc2nnc(C)n2C)NCC2(Cc3ccccc3)CC2)cc1.I. The van der Waals surface area contributed by atoms with Gasteiger partial charge in [0.2, 0.25) is 0 Å². The van der Waals surface area contributed by atoms with Crippen molar-refractivity contribution >= 4 is 29.9 Å². The Bertz CT molecular complexity index is 1040. The van der Waals surface area contributed by atoms with Gasteiger partial charge in [-0.25, -0.2) is 4.99 Å². The van der Waals surface area contributed by atoms with Crippen molar-refractivity contribution in [1.29, 1.82) is 0 Å². The number of ether oxygens (including phenoxy) is 1. The first-order valence-corrected chi connectivity index (χ1v) is 11.1. The lowest BCUT2D eigenvalue weighted by atomic mass is 9.96. The van der Waals surface area contributed by atoms with Crippen LogP contribution in [-0.2, 0) is 26.6 Å². The van der Waals surface area contributed by atoms with Crippen LogP contribution < -0.4 is 15.4 Å². The molecule has 1 aliphatic carbocycles. The second-order valence-corrected chi connectivity index (χ2v) is 8.60.